The predicted molar refractivity (Wildman–Crippen MR) is 84.6 cm³/mol. The molecular weight excluding hydrogens is 316 g/mol. The lowest BCUT2D eigenvalue weighted by Crippen LogP contribution is -2.49. The summed E-state index contributed by atoms with van der Waals surface area (Å²) in [6.07, 6.45) is 7.47. The molecule has 20 heavy (non-hydrogen) atoms. The molecule has 1 saturated carbocycles. The lowest BCUT2D eigenvalue weighted by Gasteiger charge is -2.44. The molecule has 1 amide bonds. The van der Waals surface area contributed by atoms with Crippen LogP contribution in [-0.4, -0.2) is 23.4 Å². The number of likely N-dealkylation sites (tertiary alicyclic amines) is 1. The minimum Gasteiger partial charge on any atom is -0.398 e. The first-order valence-electron chi connectivity index (χ1n) is 7.53. The van der Waals surface area contributed by atoms with Crippen molar-refractivity contribution in [3.05, 3.63) is 28.2 Å². The maximum Gasteiger partial charge on any atom is 0.254 e. The van der Waals surface area contributed by atoms with Gasteiger partial charge in [0.1, 0.15) is 0 Å². The van der Waals surface area contributed by atoms with Crippen LogP contribution in [0.5, 0.6) is 0 Å². The number of piperidine rings is 1. The minimum absolute atomic E-state index is 0.154. The fraction of sp³-hybridized carbons (Fsp3) is 0.562. The van der Waals surface area contributed by atoms with Crippen LogP contribution >= 0.6 is 15.9 Å². The predicted octanol–water partition coefficient (Wildman–Crippen LogP) is 3.83. The molecule has 1 heterocycles. The van der Waals surface area contributed by atoms with Gasteiger partial charge in [-0.05, 0) is 65.7 Å². The highest BCUT2D eigenvalue weighted by Crippen LogP contribution is 2.36. The molecular formula is C16H21BrN2O. The average Bonchev–Trinajstić information content (AvgIpc) is 2.49. The highest BCUT2D eigenvalue weighted by molar-refractivity contribution is 9.10. The van der Waals surface area contributed by atoms with Gasteiger partial charge in [0.15, 0.2) is 0 Å². The van der Waals surface area contributed by atoms with Crippen molar-refractivity contribution in [2.75, 3.05) is 12.3 Å². The highest BCUT2D eigenvalue weighted by Gasteiger charge is 2.35. The lowest BCUT2D eigenvalue weighted by molar-refractivity contribution is 0.0391. The molecule has 1 aliphatic carbocycles. The molecule has 2 fully saturated rings. The van der Waals surface area contributed by atoms with Crippen LogP contribution in [0, 0.1) is 5.92 Å². The van der Waals surface area contributed by atoms with Crippen LogP contribution in [0.1, 0.15) is 48.9 Å². The number of nitrogens with two attached hydrogens (primary N) is 1. The van der Waals surface area contributed by atoms with Gasteiger partial charge in [-0.1, -0.05) is 12.8 Å². The topological polar surface area (TPSA) is 46.3 Å². The number of nitrogens with zero attached hydrogens (tertiary/aromatic N) is 1. The average molecular weight is 337 g/mol. The Morgan fingerprint density at radius 2 is 1.95 bits per heavy atom. The van der Waals surface area contributed by atoms with E-state index in [2.05, 4.69) is 20.8 Å². The summed E-state index contributed by atoms with van der Waals surface area (Å²) in [5.41, 5.74) is 7.25. The number of anilines is 1. The van der Waals surface area contributed by atoms with Crippen LogP contribution < -0.4 is 5.73 Å². The monoisotopic (exact) mass is 336 g/mol. The Morgan fingerprint density at radius 1 is 1.20 bits per heavy atom. The Hall–Kier alpha value is -1.03. The summed E-state index contributed by atoms with van der Waals surface area (Å²) >= 11 is 3.38. The molecule has 2 N–H and O–H groups in total. The number of halogens is 1. The largest absolute Gasteiger partial charge is 0.398 e. The molecule has 3 nitrogen and oxygen atoms in total. The number of nitrogen functional groups attached to an aromatic ring is 1. The summed E-state index contributed by atoms with van der Waals surface area (Å²) in [6.45, 7) is 0.899. The summed E-state index contributed by atoms with van der Waals surface area (Å²) in [7, 11) is 0. The van der Waals surface area contributed by atoms with Crippen LogP contribution in [0.25, 0.3) is 0 Å². The number of rotatable bonds is 1. The van der Waals surface area contributed by atoms with Crippen molar-refractivity contribution in [3.8, 4) is 0 Å². The number of hydrogen-bond donors (Lipinski definition) is 1. The van der Waals surface area contributed by atoms with E-state index in [0.717, 1.165) is 23.0 Å². The zero-order valence-electron chi connectivity index (χ0n) is 11.6. The molecule has 2 atom stereocenters. The second-order valence-electron chi connectivity index (χ2n) is 5.99. The third kappa shape index (κ3) is 2.58. The molecule has 1 aliphatic heterocycles. The smallest absolute Gasteiger partial charge is 0.254 e. The van der Waals surface area contributed by atoms with Crippen LogP contribution in [0.3, 0.4) is 0 Å². The Labute approximate surface area is 128 Å². The number of amides is 1. The van der Waals surface area contributed by atoms with Gasteiger partial charge < -0.3 is 10.6 Å². The molecule has 0 radical (unpaired) electrons. The Bertz CT molecular complexity index is 515. The first kappa shape index (κ1) is 13.9. The van der Waals surface area contributed by atoms with Crippen LogP contribution in [0.15, 0.2) is 22.7 Å². The van der Waals surface area contributed by atoms with E-state index in [1.165, 1.54) is 32.1 Å². The van der Waals surface area contributed by atoms with Gasteiger partial charge in [-0.25, -0.2) is 0 Å². The third-order valence-corrected chi connectivity index (χ3v) is 5.47. The Morgan fingerprint density at radius 3 is 2.75 bits per heavy atom. The zero-order valence-corrected chi connectivity index (χ0v) is 13.2. The van der Waals surface area contributed by atoms with Gasteiger partial charge in [0.05, 0.1) is 0 Å². The standard InChI is InChI=1S/C16H21BrN2O/c17-13-8-7-12(10-14(13)18)16(20)19-9-3-5-11-4-1-2-6-15(11)19/h7-8,10-11,15H,1-6,9,18H2/t11-,15-/m1/s1. The molecule has 0 unspecified atom stereocenters. The normalized spacial score (nSPS) is 26.1. The van der Waals surface area contributed by atoms with E-state index in [0.29, 0.717) is 17.6 Å². The minimum atomic E-state index is 0.154. The molecule has 108 valence electrons. The highest BCUT2D eigenvalue weighted by atomic mass is 79.9. The van der Waals surface area contributed by atoms with Crippen LogP contribution in [-0.2, 0) is 0 Å². The Kier molecular flexibility index (Phi) is 4.01. The number of benzene rings is 1. The van der Waals surface area contributed by atoms with Crippen molar-refractivity contribution in [1.82, 2.24) is 4.90 Å². The van der Waals surface area contributed by atoms with Gasteiger partial charge in [-0.2, -0.15) is 0 Å². The number of carbonyl (C=O) groups excluding carboxylic acids is 1. The van der Waals surface area contributed by atoms with Gasteiger partial charge in [0.2, 0.25) is 0 Å². The molecule has 0 bridgehead atoms. The zero-order chi connectivity index (χ0) is 14.1. The van der Waals surface area contributed by atoms with Crippen LogP contribution in [0.4, 0.5) is 5.69 Å². The van der Waals surface area contributed by atoms with Gasteiger partial charge in [0, 0.05) is 28.3 Å². The maximum absolute atomic E-state index is 12.8. The van der Waals surface area contributed by atoms with E-state index >= 15 is 0 Å². The second-order valence-corrected chi connectivity index (χ2v) is 6.84. The van der Waals surface area contributed by atoms with Crippen molar-refractivity contribution in [2.45, 2.75) is 44.6 Å². The lowest BCUT2D eigenvalue weighted by atomic mass is 9.78. The number of fused-ring (bicyclic) bond motifs is 1. The number of hydrogen-bond acceptors (Lipinski definition) is 2. The fourth-order valence-corrected chi connectivity index (χ4v) is 3.97. The molecule has 2 aliphatic rings. The molecule has 1 aromatic carbocycles. The van der Waals surface area contributed by atoms with Gasteiger partial charge >= 0.3 is 0 Å². The molecule has 0 aromatic heterocycles. The third-order valence-electron chi connectivity index (χ3n) is 4.75. The van der Waals surface area contributed by atoms with Gasteiger partial charge in [-0.15, -0.1) is 0 Å². The van der Waals surface area contributed by atoms with Gasteiger partial charge in [-0.3, -0.25) is 4.79 Å². The molecule has 3 rings (SSSR count). The maximum atomic E-state index is 12.8. The second kappa shape index (κ2) is 5.76. The quantitative estimate of drug-likeness (QED) is 0.792. The summed E-state index contributed by atoms with van der Waals surface area (Å²) in [5.74, 6) is 0.870. The molecule has 1 aromatic rings. The van der Waals surface area contributed by atoms with Gasteiger partial charge in [0.25, 0.3) is 5.91 Å². The van der Waals surface area contributed by atoms with Crippen molar-refractivity contribution in [1.29, 1.82) is 0 Å². The SMILES string of the molecule is Nc1cc(C(=O)N2CCC[C@H]3CCCC[C@H]32)ccc1Br. The Balaban J connectivity index is 1.83. The first-order valence-corrected chi connectivity index (χ1v) is 8.32. The summed E-state index contributed by atoms with van der Waals surface area (Å²) in [5, 5.41) is 0. The van der Waals surface area contributed by atoms with Crippen molar-refractivity contribution >= 4 is 27.5 Å². The van der Waals surface area contributed by atoms with E-state index in [-0.39, 0.29) is 5.91 Å². The first-order chi connectivity index (χ1) is 9.66. The summed E-state index contributed by atoms with van der Waals surface area (Å²) in [6, 6.07) is 5.98. The van der Waals surface area contributed by atoms with E-state index in [4.69, 9.17) is 5.73 Å². The van der Waals surface area contributed by atoms with Crippen molar-refractivity contribution < 1.29 is 4.79 Å². The van der Waals surface area contributed by atoms with E-state index < -0.39 is 0 Å². The molecule has 0 spiro atoms. The molecule has 4 heteroatoms. The van der Waals surface area contributed by atoms with Crippen LogP contribution in [0.2, 0.25) is 0 Å². The van der Waals surface area contributed by atoms with E-state index in [9.17, 15) is 4.79 Å². The van der Waals surface area contributed by atoms with Crippen molar-refractivity contribution in [2.24, 2.45) is 5.92 Å². The van der Waals surface area contributed by atoms with E-state index in [1.807, 2.05) is 12.1 Å². The summed E-state index contributed by atoms with van der Waals surface area (Å²) < 4.78 is 0.850. The fourth-order valence-electron chi connectivity index (χ4n) is 3.72. The summed E-state index contributed by atoms with van der Waals surface area (Å²) in [4.78, 5) is 14.9. The van der Waals surface area contributed by atoms with Crippen molar-refractivity contribution in [3.63, 3.8) is 0 Å². The van der Waals surface area contributed by atoms with E-state index in [1.54, 1.807) is 6.07 Å². The number of carbonyl (C=O) groups is 1. The molecule has 1 saturated heterocycles.